The second kappa shape index (κ2) is 8.95. The average Bonchev–Trinajstić information content (AvgIpc) is 3.30. The van der Waals surface area contributed by atoms with Crippen molar-refractivity contribution in [3.63, 3.8) is 0 Å². The molecule has 0 radical (unpaired) electrons. The Bertz CT molecular complexity index is 1160. The zero-order chi connectivity index (χ0) is 21.6. The maximum atomic E-state index is 12.2. The molecule has 156 valence electrons. The molecule has 0 saturated heterocycles. The molecule has 0 fully saturated rings. The molecule has 0 aliphatic carbocycles. The number of methoxy groups -OCH3 is 1. The lowest BCUT2D eigenvalue weighted by Crippen LogP contribution is -2.19. The van der Waals surface area contributed by atoms with Crippen molar-refractivity contribution in [1.82, 2.24) is 19.7 Å². The Morgan fingerprint density at radius 1 is 0.935 bits per heavy atom. The van der Waals surface area contributed by atoms with E-state index < -0.39 is 0 Å². The van der Waals surface area contributed by atoms with Gasteiger partial charge >= 0.3 is 6.03 Å². The summed E-state index contributed by atoms with van der Waals surface area (Å²) in [5.41, 5.74) is 2.15. The van der Waals surface area contributed by atoms with Gasteiger partial charge in [0.25, 0.3) is 0 Å². The number of rotatable bonds is 6. The zero-order valence-corrected chi connectivity index (χ0v) is 17.0. The van der Waals surface area contributed by atoms with Crippen molar-refractivity contribution >= 4 is 28.9 Å². The van der Waals surface area contributed by atoms with Crippen LogP contribution in [0.4, 0.5) is 27.7 Å². The van der Waals surface area contributed by atoms with E-state index in [1.807, 2.05) is 37.4 Å². The first-order valence-electron chi connectivity index (χ1n) is 9.54. The molecule has 31 heavy (non-hydrogen) atoms. The van der Waals surface area contributed by atoms with Crippen LogP contribution in [-0.4, -0.2) is 32.9 Å². The summed E-state index contributed by atoms with van der Waals surface area (Å²) in [5, 5.41) is 13.0. The second-order valence-electron chi connectivity index (χ2n) is 6.62. The first kappa shape index (κ1) is 19.9. The normalized spacial score (nSPS) is 10.4. The van der Waals surface area contributed by atoms with E-state index >= 15 is 0 Å². The summed E-state index contributed by atoms with van der Waals surface area (Å²) in [5.74, 6) is 2.68. The van der Waals surface area contributed by atoms with Gasteiger partial charge in [0.15, 0.2) is 5.82 Å². The summed E-state index contributed by atoms with van der Waals surface area (Å²) in [6, 6.07) is 17.7. The van der Waals surface area contributed by atoms with Crippen LogP contribution in [0.1, 0.15) is 5.82 Å². The van der Waals surface area contributed by atoms with E-state index in [-0.39, 0.29) is 6.03 Å². The number of hydrogen-bond acceptors (Lipinski definition) is 6. The average molecular weight is 415 g/mol. The van der Waals surface area contributed by atoms with E-state index in [0.717, 1.165) is 11.4 Å². The standard InChI is InChI=1S/C22H21N7O2/c1-15-24-20(14-21(25-15)29-13-3-12-23-29)26-16-4-6-17(7-5-16)27-22(30)28-18-8-10-19(31-2)11-9-18/h3-14H,1-2H3,(H,24,25,26)(H2,27,28,30). The minimum absolute atomic E-state index is 0.332. The quantitative estimate of drug-likeness (QED) is 0.432. The lowest BCUT2D eigenvalue weighted by atomic mass is 10.2. The number of hydrogen-bond donors (Lipinski definition) is 3. The Morgan fingerprint density at radius 3 is 2.19 bits per heavy atom. The molecule has 2 aromatic heterocycles. The predicted molar refractivity (Wildman–Crippen MR) is 119 cm³/mol. The molecule has 0 saturated carbocycles. The number of aromatic nitrogens is 4. The van der Waals surface area contributed by atoms with Gasteiger partial charge in [0, 0.05) is 35.5 Å². The molecule has 2 amide bonds. The summed E-state index contributed by atoms with van der Waals surface area (Å²) in [4.78, 5) is 21.0. The molecule has 3 N–H and O–H groups in total. The van der Waals surface area contributed by atoms with E-state index in [2.05, 4.69) is 31.0 Å². The largest absolute Gasteiger partial charge is 0.497 e. The fourth-order valence-electron chi connectivity index (χ4n) is 2.89. The van der Waals surface area contributed by atoms with Gasteiger partial charge in [-0.25, -0.2) is 19.4 Å². The van der Waals surface area contributed by atoms with Gasteiger partial charge in [-0.15, -0.1) is 0 Å². The molecule has 0 atom stereocenters. The van der Waals surface area contributed by atoms with Crippen LogP contribution < -0.4 is 20.7 Å². The van der Waals surface area contributed by atoms with Gasteiger partial charge in [-0.05, 0) is 61.5 Å². The van der Waals surface area contributed by atoms with Crippen LogP contribution in [0.15, 0.2) is 73.1 Å². The molecular weight excluding hydrogens is 394 g/mol. The van der Waals surface area contributed by atoms with E-state index in [4.69, 9.17) is 4.74 Å². The highest BCUT2D eigenvalue weighted by atomic mass is 16.5. The molecule has 4 rings (SSSR count). The van der Waals surface area contributed by atoms with Gasteiger partial charge in [0.2, 0.25) is 0 Å². The Kier molecular flexibility index (Phi) is 5.75. The molecule has 0 spiro atoms. The molecule has 0 aliphatic heterocycles. The van der Waals surface area contributed by atoms with Crippen molar-refractivity contribution in [3.05, 3.63) is 78.9 Å². The number of carbonyl (C=O) groups is 1. The number of ether oxygens (including phenoxy) is 1. The number of urea groups is 1. The number of nitrogens with zero attached hydrogens (tertiary/aromatic N) is 4. The van der Waals surface area contributed by atoms with Gasteiger partial charge in [-0.3, -0.25) is 0 Å². The van der Waals surface area contributed by atoms with Crippen molar-refractivity contribution in [2.75, 3.05) is 23.1 Å². The molecule has 0 unspecified atom stereocenters. The van der Waals surface area contributed by atoms with Gasteiger partial charge in [0.05, 0.1) is 7.11 Å². The molecule has 0 aliphatic rings. The monoisotopic (exact) mass is 415 g/mol. The number of anilines is 4. The lowest BCUT2D eigenvalue weighted by molar-refractivity contribution is 0.262. The summed E-state index contributed by atoms with van der Waals surface area (Å²) in [6.45, 7) is 1.83. The first-order chi connectivity index (χ1) is 15.1. The van der Waals surface area contributed by atoms with Crippen LogP contribution >= 0.6 is 0 Å². The Morgan fingerprint density at radius 2 is 1.58 bits per heavy atom. The number of carbonyl (C=O) groups excluding carboxylic acids is 1. The summed E-state index contributed by atoms with van der Waals surface area (Å²) < 4.78 is 6.78. The van der Waals surface area contributed by atoms with E-state index in [0.29, 0.717) is 28.8 Å². The van der Waals surface area contributed by atoms with E-state index in [1.54, 1.807) is 54.4 Å². The van der Waals surface area contributed by atoms with Crippen LogP contribution in [0.3, 0.4) is 0 Å². The highest BCUT2D eigenvalue weighted by Crippen LogP contribution is 2.20. The number of aryl methyl sites for hydroxylation is 1. The van der Waals surface area contributed by atoms with Crippen LogP contribution in [0.25, 0.3) is 5.82 Å². The van der Waals surface area contributed by atoms with Crippen LogP contribution in [0, 0.1) is 6.92 Å². The third-order valence-corrected chi connectivity index (χ3v) is 4.33. The van der Waals surface area contributed by atoms with Crippen molar-refractivity contribution in [1.29, 1.82) is 0 Å². The molecular formula is C22H21N7O2. The summed E-state index contributed by atoms with van der Waals surface area (Å²) in [6.07, 6.45) is 3.52. The first-order valence-corrected chi connectivity index (χ1v) is 9.54. The Balaban J connectivity index is 1.38. The molecule has 2 heterocycles. The van der Waals surface area contributed by atoms with Crippen molar-refractivity contribution in [2.45, 2.75) is 6.92 Å². The van der Waals surface area contributed by atoms with Crippen molar-refractivity contribution < 1.29 is 9.53 Å². The third kappa shape index (κ3) is 5.15. The third-order valence-electron chi connectivity index (χ3n) is 4.33. The molecule has 9 heteroatoms. The molecule has 0 bridgehead atoms. The SMILES string of the molecule is COc1ccc(NC(=O)Nc2ccc(Nc3cc(-n4cccn4)nc(C)n3)cc2)cc1. The van der Waals surface area contributed by atoms with Crippen molar-refractivity contribution in [2.24, 2.45) is 0 Å². The maximum absolute atomic E-state index is 12.2. The minimum Gasteiger partial charge on any atom is -0.497 e. The van der Waals surface area contributed by atoms with Gasteiger partial charge in [-0.2, -0.15) is 5.10 Å². The van der Waals surface area contributed by atoms with Crippen LogP contribution in [0.5, 0.6) is 5.75 Å². The topological polar surface area (TPSA) is 106 Å². The summed E-state index contributed by atoms with van der Waals surface area (Å²) in [7, 11) is 1.60. The summed E-state index contributed by atoms with van der Waals surface area (Å²) >= 11 is 0. The number of benzene rings is 2. The fourth-order valence-corrected chi connectivity index (χ4v) is 2.89. The van der Waals surface area contributed by atoms with Gasteiger partial charge < -0.3 is 20.7 Å². The second-order valence-corrected chi connectivity index (χ2v) is 6.62. The smallest absolute Gasteiger partial charge is 0.323 e. The Hall–Kier alpha value is -4.40. The fraction of sp³-hybridized carbons (Fsp3) is 0.0909. The van der Waals surface area contributed by atoms with E-state index in [1.165, 1.54) is 0 Å². The molecule has 2 aromatic carbocycles. The Labute approximate surface area is 179 Å². The van der Waals surface area contributed by atoms with E-state index in [9.17, 15) is 4.79 Å². The highest BCUT2D eigenvalue weighted by Gasteiger charge is 2.06. The highest BCUT2D eigenvalue weighted by molar-refractivity contribution is 5.99. The number of amides is 2. The minimum atomic E-state index is -0.332. The van der Waals surface area contributed by atoms with Crippen molar-refractivity contribution in [3.8, 4) is 11.6 Å². The number of nitrogens with one attached hydrogen (secondary N) is 3. The maximum Gasteiger partial charge on any atom is 0.323 e. The van der Waals surface area contributed by atoms with Gasteiger partial charge in [0.1, 0.15) is 17.4 Å². The van der Waals surface area contributed by atoms with Crippen LogP contribution in [0.2, 0.25) is 0 Å². The van der Waals surface area contributed by atoms with Gasteiger partial charge in [-0.1, -0.05) is 0 Å². The predicted octanol–water partition coefficient (Wildman–Crippen LogP) is 4.37. The molecule has 4 aromatic rings. The van der Waals surface area contributed by atoms with Crippen LogP contribution in [-0.2, 0) is 0 Å². The molecule has 9 nitrogen and oxygen atoms in total. The zero-order valence-electron chi connectivity index (χ0n) is 17.0. The lowest BCUT2D eigenvalue weighted by Gasteiger charge is -2.11.